The molecule has 1 saturated heterocycles. The van der Waals surface area contributed by atoms with E-state index < -0.39 is 16.1 Å². The molecule has 8 heteroatoms. The maximum Gasteiger partial charge on any atom is 0.243 e. The number of thiazole rings is 1. The molecule has 1 aliphatic heterocycles. The highest BCUT2D eigenvalue weighted by atomic mass is 32.2. The van der Waals surface area contributed by atoms with Crippen LogP contribution in [0, 0.1) is 13.8 Å². The maximum atomic E-state index is 12.9. The van der Waals surface area contributed by atoms with Crippen molar-refractivity contribution in [3.05, 3.63) is 45.9 Å². The van der Waals surface area contributed by atoms with Gasteiger partial charge in [-0.2, -0.15) is 4.31 Å². The molecule has 1 atom stereocenters. The summed E-state index contributed by atoms with van der Waals surface area (Å²) in [5.41, 5.74) is 1.79. The SMILES string of the molecule is Cc1ccc(S(=O)(=O)N2CCC[C@H]2C(=O)NCc2csc(C)n2)cc1. The van der Waals surface area contributed by atoms with Crippen molar-refractivity contribution in [3.63, 3.8) is 0 Å². The molecule has 0 bridgehead atoms. The van der Waals surface area contributed by atoms with Gasteiger partial charge in [0.1, 0.15) is 6.04 Å². The van der Waals surface area contributed by atoms with E-state index >= 15 is 0 Å². The summed E-state index contributed by atoms with van der Waals surface area (Å²) in [6, 6.07) is 6.06. The number of hydrogen-bond acceptors (Lipinski definition) is 5. The maximum absolute atomic E-state index is 12.9. The fourth-order valence-corrected chi connectivity index (χ4v) is 5.19. The van der Waals surface area contributed by atoms with Gasteiger partial charge in [0.2, 0.25) is 15.9 Å². The van der Waals surface area contributed by atoms with Gasteiger partial charge in [-0.15, -0.1) is 11.3 Å². The monoisotopic (exact) mass is 379 g/mol. The van der Waals surface area contributed by atoms with Gasteiger partial charge in [0.15, 0.2) is 0 Å². The molecule has 6 nitrogen and oxygen atoms in total. The molecule has 3 rings (SSSR count). The molecular formula is C17H21N3O3S2. The Morgan fingerprint density at radius 1 is 1.32 bits per heavy atom. The molecule has 2 aromatic rings. The van der Waals surface area contributed by atoms with Crippen molar-refractivity contribution in [1.29, 1.82) is 0 Å². The number of hydrogen-bond donors (Lipinski definition) is 1. The molecular weight excluding hydrogens is 358 g/mol. The first-order valence-corrected chi connectivity index (χ1v) is 10.5. The van der Waals surface area contributed by atoms with Crippen molar-refractivity contribution in [3.8, 4) is 0 Å². The van der Waals surface area contributed by atoms with E-state index in [-0.39, 0.29) is 10.8 Å². The minimum absolute atomic E-state index is 0.230. The second-order valence-corrected chi connectivity index (χ2v) is 9.12. The predicted molar refractivity (Wildman–Crippen MR) is 96.8 cm³/mol. The van der Waals surface area contributed by atoms with Gasteiger partial charge in [-0.1, -0.05) is 17.7 Å². The summed E-state index contributed by atoms with van der Waals surface area (Å²) < 4.78 is 27.1. The lowest BCUT2D eigenvalue weighted by Crippen LogP contribution is -2.45. The van der Waals surface area contributed by atoms with Crippen molar-refractivity contribution in [2.24, 2.45) is 0 Å². The van der Waals surface area contributed by atoms with E-state index in [0.717, 1.165) is 16.3 Å². The first kappa shape index (κ1) is 18.0. The summed E-state index contributed by atoms with van der Waals surface area (Å²) in [6.45, 7) is 4.49. The molecule has 2 heterocycles. The van der Waals surface area contributed by atoms with Crippen molar-refractivity contribution in [1.82, 2.24) is 14.6 Å². The Bertz CT molecular complexity index is 860. The summed E-state index contributed by atoms with van der Waals surface area (Å²) in [4.78, 5) is 17.1. The van der Waals surface area contributed by atoms with Crippen LogP contribution in [0.2, 0.25) is 0 Å². The highest BCUT2D eigenvalue weighted by Crippen LogP contribution is 2.26. The van der Waals surface area contributed by atoms with Crippen molar-refractivity contribution in [2.75, 3.05) is 6.54 Å². The number of benzene rings is 1. The van der Waals surface area contributed by atoms with Crippen LogP contribution in [-0.2, 0) is 21.4 Å². The van der Waals surface area contributed by atoms with Crippen LogP contribution in [0.3, 0.4) is 0 Å². The van der Waals surface area contributed by atoms with E-state index in [1.54, 1.807) is 24.3 Å². The van der Waals surface area contributed by atoms with Crippen molar-refractivity contribution >= 4 is 27.3 Å². The van der Waals surface area contributed by atoms with E-state index in [2.05, 4.69) is 10.3 Å². The molecule has 1 fully saturated rings. The van der Waals surface area contributed by atoms with Crippen LogP contribution in [0.1, 0.15) is 29.1 Å². The van der Waals surface area contributed by atoms with Gasteiger partial charge < -0.3 is 5.32 Å². The van der Waals surface area contributed by atoms with Crippen LogP contribution in [-0.4, -0.2) is 36.2 Å². The molecule has 134 valence electrons. The summed E-state index contributed by atoms with van der Waals surface area (Å²) in [6.07, 6.45) is 1.21. The first-order chi connectivity index (χ1) is 11.9. The topological polar surface area (TPSA) is 79.4 Å². The lowest BCUT2D eigenvalue weighted by Gasteiger charge is -2.23. The van der Waals surface area contributed by atoms with Crippen LogP contribution in [0.15, 0.2) is 34.5 Å². The number of sulfonamides is 1. The minimum Gasteiger partial charge on any atom is -0.349 e. The largest absolute Gasteiger partial charge is 0.349 e. The van der Waals surface area contributed by atoms with Crippen molar-refractivity contribution < 1.29 is 13.2 Å². The molecule has 0 unspecified atom stereocenters. The normalized spacial score (nSPS) is 18.4. The van der Waals surface area contributed by atoms with Gasteiger partial charge in [0.05, 0.1) is 22.1 Å². The van der Waals surface area contributed by atoms with Crippen LogP contribution < -0.4 is 5.32 Å². The number of carbonyl (C=O) groups excluding carboxylic acids is 1. The number of carbonyl (C=O) groups is 1. The molecule has 25 heavy (non-hydrogen) atoms. The third-order valence-corrected chi connectivity index (χ3v) is 6.99. The Morgan fingerprint density at radius 3 is 2.68 bits per heavy atom. The molecule has 1 N–H and O–H groups in total. The third kappa shape index (κ3) is 3.91. The molecule has 0 radical (unpaired) electrons. The molecule has 1 aromatic carbocycles. The lowest BCUT2D eigenvalue weighted by molar-refractivity contribution is -0.124. The molecule has 0 spiro atoms. The van der Waals surface area contributed by atoms with Crippen LogP contribution in [0.25, 0.3) is 0 Å². The highest BCUT2D eigenvalue weighted by Gasteiger charge is 2.39. The van der Waals surface area contributed by atoms with Gasteiger partial charge >= 0.3 is 0 Å². The van der Waals surface area contributed by atoms with Crippen LogP contribution in [0.5, 0.6) is 0 Å². The van der Waals surface area contributed by atoms with Crippen LogP contribution >= 0.6 is 11.3 Å². The smallest absolute Gasteiger partial charge is 0.243 e. The molecule has 1 amide bonds. The number of aromatic nitrogens is 1. The van der Waals surface area contributed by atoms with Gasteiger partial charge in [-0.05, 0) is 38.8 Å². The Labute approximate surface area is 151 Å². The van der Waals surface area contributed by atoms with E-state index in [1.165, 1.54) is 15.6 Å². The number of aryl methyl sites for hydroxylation is 2. The standard InChI is InChI=1S/C17H21N3O3S2/c1-12-5-7-15(8-6-12)25(22,23)20-9-3-4-16(20)17(21)18-10-14-11-24-13(2)19-14/h5-8,11,16H,3-4,9-10H2,1-2H3,(H,18,21)/t16-/m0/s1. The Morgan fingerprint density at radius 2 is 2.04 bits per heavy atom. The Balaban J connectivity index is 1.72. The molecule has 0 aliphatic carbocycles. The molecule has 1 aromatic heterocycles. The average molecular weight is 380 g/mol. The van der Waals surface area contributed by atoms with Crippen LogP contribution in [0.4, 0.5) is 0 Å². The van der Waals surface area contributed by atoms with Gasteiger partial charge in [0, 0.05) is 11.9 Å². The predicted octanol–water partition coefficient (Wildman–Crippen LogP) is 2.23. The number of nitrogens with one attached hydrogen (secondary N) is 1. The molecule has 0 saturated carbocycles. The Hall–Kier alpha value is -1.77. The fraction of sp³-hybridized carbons (Fsp3) is 0.412. The highest BCUT2D eigenvalue weighted by molar-refractivity contribution is 7.89. The van der Waals surface area contributed by atoms with E-state index in [4.69, 9.17) is 0 Å². The third-order valence-electron chi connectivity index (χ3n) is 4.24. The van der Waals surface area contributed by atoms with Gasteiger partial charge in [-0.25, -0.2) is 13.4 Å². The molecule has 1 aliphatic rings. The van der Waals surface area contributed by atoms with E-state index in [9.17, 15) is 13.2 Å². The zero-order valence-electron chi connectivity index (χ0n) is 14.2. The average Bonchev–Trinajstić information content (AvgIpc) is 3.22. The van der Waals surface area contributed by atoms with E-state index in [1.807, 2.05) is 19.2 Å². The summed E-state index contributed by atoms with van der Waals surface area (Å²) >= 11 is 1.52. The zero-order valence-corrected chi connectivity index (χ0v) is 15.9. The zero-order chi connectivity index (χ0) is 18.0. The van der Waals surface area contributed by atoms with Gasteiger partial charge in [0.25, 0.3) is 0 Å². The first-order valence-electron chi connectivity index (χ1n) is 8.15. The quantitative estimate of drug-likeness (QED) is 0.864. The summed E-state index contributed by atoms with van der Waals surface area (Å²) in [5.74, 6) is -0.265. The van der Waals surface area contributed by atoms with E-state index in [0.29, 0.717) is 25.9 Å². The second kappa shape index (κ2) is 7.23. The number of rotatable bonds is 5. The fourth-order valence-electron chi connectivity index (χ4n) is 2.92. The summed E-state index contributed by atoms with van der Waals surface area (Å²) in [7, 11) is -3.67. The number of amides is 1. The minimum atomic E-state index is -3.67. The Kier molecular flexibility index (Phi) is 5.21. The lowest BCUT2D eigenvalue weighted by atomic mass is 10.2. The van der Waals surface area contributed by atoms with Crippen molar-refractivity contribution in [2.45, 2.75) is 44.2 Å². The summed E-state index contributed by atoms with van der Waals surface area (Å²) in [5, 5.41) is 5.65. The second-order valence-electron chi connectivity index (χ2n) is 6.16. The van der Waals surface area contributed by atoms with Gasteiger partial charge in [-0.3, -0.25) is 4.79 Å². The number of nitrogens with zero attached hydrogens (tertiary/aromatic N) is 2.